The van der Waals surface area contributed by atoms with Crippen LogP contribution >= 0.6 is 11.6 Å². The fourth-order valence-corrected chi connectivity index (χ4v) is 2.77. The summed E-state index contributed by atoms with van der Waals surface area (Å²) in [5.74, 6) is 1.26. The van der Waals surface area contributed by atoms with Crippen molar-refractivity contribution in [1.29, 1.82) is 0 Å². The van der Waals surface area contributed by atoms with Gasteiger partial charge < -0.3 is 9.47 Å². The highest BCUT2D eigenvalue weighted by Gasteiger charge is 2.38. The number of hydrogen-bond donors (Lipinski definition) is 0. The molecule has 100 valence electrons. The molecule has 1 heterocycles. The first kappa shape index (κ1) is 13.7. The van der Waals surface area contributed by atoms with Crippen LogP contribution in [0.1, 0.15) is 44.6 Å². The molecule has 1 saturated heterocycles. The molecule has 0 aromatic heterocycles. The third-order valence-electron chi connectivity index (χ3n) is 3.75. The van der Waals surface area contributed by atoms with Crippen molar-refractivity contribution in [2.24, 2.45) is 0 Å². The average molecular weight is 269 g/mol. The minimum Gasteiger partial charge on any atom is -0.495 e. The van der Waals surface area contributed by atoms with Crippen molar-refractivity contribution < 1.29 is 9.47 Å². The van der Waals surface area contributed by atoms with Crippen LogP contribution in [0.2, 0.25) is 5.02 Å². The second-order valence-electron chi connectivity index (χ2n) is 4.86. The van der Waals surface area contributed by atoms with Gasteiger partial charge in [-0.3, -0.25) is 0 Å². The van der Waals surface area contributed by atoms with Gasteiger partial charge in [-0.15, -0.1) is 0 Å². The number of hydrogen-bond acceptors (Lipinski definition) is 2. The Kier molecular flexibility index (Phi) is 4.52. The Hall–Kier alpha value is -0.730. The highest BCUT2D eigenvalue weighted by Crippen LogP contribution is 2.37. The standard InChI is InChI=1S/C15H21ClO2/c1-4-10(9-15-13(5-2)18-15)11-6-7-14(17-3)12(16)8-11/h6-8,10,13,15H,4-5,9H2,1-3H3. The van der Waals surface area contributed by atoms with E-state index in [4.69, 9.17) is 21.1 Å². The van der Waals surface area contributed by atoms with Crippen LogP contribution in [0.25, 0.3) is 0 Å². The molecule has 0 amide bonds. The number of methoxy groups -OCH3 is 1. The third kappa shape index (κ3) is 2.99. The van der Waals surface area contributed by atoms with E-state index >= 15 is 0 Å². The molecule has 2 nitrogen and oxygen atoms in total. The van der Waals surface area contributed by atoms with Crippen LogP contribution in [0.5, 0.6) is 5.75 Å². The Labute approximate surface area is 114 Å². The van der Waals surface area contributed by atoms with Crippen molar-refractivity contribution >= 4 is 11.6 Å². The van der Waals surface area contributed by atoms with Crippen molar-refractivity contribution in [3.05, 3.63) is 28.8 Å². The molecule has 3 heteroatoms. The first-order chi connectivity index (χ1) is 8.69. The van der Waals surface area contributed by atoms with E-state index in [1.165, 1.54) is 5.56 Å². The van der Waals surface area contributed by atoms with E-state index in [0.717, 1.165) is 25.0 Å². The van der Waals surface area contributed by atoms with Gasteiger partial charge in [-0.05, 0) is 42.9 Å². The maximum absolute atomic E-state index is 6.18. The van der Waals surface area contributed by atoms with Gasteiger partial charge in [0.05, 0.1) is 24.3 Å². The predicted octanol–water partition coefficient (Wildman–Crippen LogP) is 4.41. The monoisotopic (exact) mass is 268 g/mol. The van der Waals surface area contributed by atoms with Gasteiger partial charge in [0, 0.05) is 0 Å². The molecular weight excluding hydrogens is 248 g/mol. The summed E-state index contributed by atoms with van der Waals surface area (Å²) in [5.41, 5.74) is 1.29. The quantitative estimate of drug-likeness (QED) is 0.713. The first-order valence-electron chi connectivity index (χ1n) is 6.68. The smallest absolute Gasteiger partial charge is 0.137 e. The lowest BCUT2D eigenvalue weighted by Crippen LogP contribution is -2.04. The molecular formula is C15H21ClO2. The van der Waals surface area contributed by atoms with Gasteiger partial charge in [0.2, 0.25) is 0 Å². The lowest BCUT2D eigenvalue weighted by Gasteiger charge is -2.15. The molecule has 1 fully saturated rings. The molecule has 0 saturated carbocycles. The molecule has 0 aliphatic carbocycles. The van der Waals surface area contributed by atoms with E-state index in [1.54, 1.807) is 7.11 Å². The van der Waals surface area contributed by atoms with Crippen molar-refractivity contribution in [2.45, 2.75) is 51.2 Å². The van der Waals surface area contributed by atoms with Gasteiger partial charge in [-0.25, -0.2) is 0 Å². The number of benzene rings is 1. The summed E-state index contributed by atoms with van der Waals surface area (Å²) in [4.78, 5) is 0. The summed E-state index contributed by atoms with van der Waals surface area (Å²) in [6, 6.07) is 6.09. The molecule has 0 radical (unpaired) electrons. The van der Waals surface area contributed by atoms with E-state index in [-0.39, 0.29) is 0 Å². The normalized spacial score (nSPS) is 23.8. The minimum absolute atomic E-state index is 0.445. The molecule has 1 aliphatic rings. The Morgan fingerprint density at radius 2 is 2.11 bits per heavy atom. The van der Waals surface area contributed by atoms with Crippen LogP contribution < -0.4 is 4.74 Å². The number of rotatable bonds is 6. The van der Waals surface area contributed by atoms with E-state index < -0.39 is 0 Å². The number of epoxide rings is 1. The molecule has 0 N–H and O–H groups in total. The minimum atomic E-state index is 0.445. The highest BCUT2D eigenvalue weighted by atomic mass is 35.5. The van der Waals surface area contributed by atoms with Gasteiger partial charge in [-0.2, -0.15) is 0 Å². The fraction of sp³-hybridized carbons (Fsp3) is 0.600. The van der Waals surface area contributed by atoms with Crippen LogP contribution in [0, 0.1) is 0 Å². The van der Waals surface area contributed by atoms with Crippen LogP contribution in [0.4, 0.5) is 0 Å². The average Bonchev–Trinajstić information content (AvgIpc) is 3.14. The lowest BCUT2D eigenvalue weighted by atomic mass is 9.91. The second kappa shape index (κ2) is 5.94. The lowest BCUT2D eigenvalue weighted by molar-refractivity contribution is 0.349. The summed E-state index contributed by atoms with van der Waals surface area (Å²) in [6.45, 7) is 4.39. The molecule has 1 aromatic rings. The van der Waals surface area contributed by atoms with Crippen molar-refractivity contribution in [3.8, 4) is 5.75 Å². The van der Waals surface area contributed by atoms with Gasteiger partial charge in [0.25, 0.3) is 0 Å². The summed E-state index contributed by atoms with van der Waals surface area (Å²) < 4.78 is 10.8. The van der Waals surface area contributed by atoms with E-state index in [9.17, 15) is 0 Å². The Balaban J connectivity index is 2.05. The van der Waals surface area contributed by atoms with Crippen LogP contribution in [0.3, 0.4) is 0 Å². The fourth-order valence-electron chi connectivity index (χ4n) is 2.50. The maximum Gasteiger partial charge on any atom is 0.137 e. The largest absolute Gasteiger partial charge is 0.495 e. The van der Waals surface area contributed by atoms with E-state index in [2.05, 4.69) is 19.9 Å². The Morgan fingerprint density at radius 1 is 1.33 bits per heavy atom. The summed E-state index contributed by atoms with van der Waals surface area (Å²) >= 11 is 6.18. The van der Waals surface area contributed by atoms with E-state index in [0.29, 0.717) is 23.1 Å². The summed E-state index contributed by atoms with van der Waals surface area (Å²) in [7, 11) is 1.64. The van der Waals surface area contributed by atoms with Gasteiger partial charge in [-0.1, -0.05) is 31.5 Å². The molecule has 3 atom stereocenters. The van der Waals surface area contributed by atoms with Crippen molar-refractivity contribution in [3.63, 3.8) is 0 Å². The topological polar surface area (TPSA) is 21.8 Å². The molecule has 3 unspecified atom stereocenters. The zero-order valence-corrected chi connectivity index (χ0v) is 12.0. The summed E-state index contributed by atoms with van der Waals surface area (Å²) in [5, 5.41) is 0.692. The second-order valence-corrected chi connectivity index (χ2v) is 5.26. The molecule has 1 aromatic carbocycles. The molecule has 0 spiro atoms. The molecule has 18 heavy (non-hydrogen) atoms. The summed E-state index contributed by atoms with van der Waals surface area (Å²) in [6.07, 6.45) is 4.25. The molecule has 1 aliphatic heterocycles. The number of halogens is 1. The van der Waals surface area contributed by atoms with Gasteiger partial charge in [0.1, 0.15) is 5.75 Å². The highest BCUT2D eigenvalue weighted by molar-refractivity contribution is 6.32. The van der Waals surface area contributed by atoms with Crippen molar-refractivity contribution in [1.82, 2.24) is 0 Å². The van der Waals surface area contributed by atoms with Gasteiger partial charge in [0.15, 0.2) is 0 Å². The van der Waals surface area contributed by atoms with Crippen LogP contribution in [0.15, 0.2) is 18.2 Å². The van der Waals surface area contributed by atoms with Crippen LogP contribution in [-0.2, 0) is 4.74 Å². The maximum atomic E-state index is 6.18. The third-order valence-corrected chi connectivity index (χ3v) is 4.04. The Morgan fingerprint density at radius 3 is 2.61 bits per heavy atom. The molecule has 2 rings (SSSR count). The molecule has 0 bridgehead atoms. The zero-order chi connectivity index (χ0) is 13.1. The number of ether oxygens (including phenoxy) is 2. The predicted molar refractivity (Wildman–Crippen MR) is 74.6 cm³/mol. The first-order valence-corrected chi connectivity index (χ1v) is 7.06. The SMILES string of the molecule is CCC(CC1OC1CC)c1ccc(OC)c(Cl)c1. The Bertz CT molecular complexity index is 405. The van der Waals surface area contributed by atoms with Crippen LogP contribution in [-0.4, -0.2) is 19.3 Å². The van der Waals surface area contributed by atoms with Gasteiger partial charge >= 0.3 is 0 Å². The zero-order valence-electron chi connectivity index (χ0n) is 11.3. The van der Waals surface area contributed by atoms with Crippen molar-refractivity contribution in [2.75, 3.05) is 7.11 Å². The van der Waals surface area contributed by atoms with E-state index in [1.807, 2.05) is 12.1 Å².